The number of hydrogen-bond acceptors (Lipinski definition) is 5. The lowest BCUT2D eigenvalue weighted by atomic mass is 10.2. The van der Waals surface area contributed by atoms with Crippen molar-refractivity contribution in [2.24, 2.45) is 0 Å². The maximum absolute atomic E-state index is 13.8. The number of rotatable bonds is 3. The lowest BCUT2D eigenvalue weighted by molar-refractivity contribution is -0.318. The highest BCUT2D eigenvalue weighted by molar-refractivity contribution is 6.30. The minimum atomic E-state index is -5.03. The molecule has 0 aliphatic carbocycles. The molecule has 2 aliphatic rings. The van der Waals surface area contributed by atoms with Crippen molar-refractivity contribution in [2.45, 2.75) is 12.1 Å². The average Bonchev–Trinajstić information content (AvgIpc) is 3.12. The van der Waals surface area contributed by atoms with Crippen molar-refractivity contribution in [3.8, 4) is 17.2 Å². The largest absolute Gasteiger partial charge is 0.497 e. The summed E-state index contributed by atoms with van der Waals surface area (Å²) < 4.78 is 56.6. The van der Waals surface area contributed by atoms with E-state index in [1.54, 1.807) is 7.11 Å². The number of benzene rings is 2. The summed E-state index contributed by atoms with van der Waals surface area (Å²) in [7, 11) is 1.57. The van der Waals surface area contributed by atoms with Crippen LogP contribution in [0.25, 0.3) is 0 Å². The van der Waals surface area contributed by atoms with Crippen LogP contribution in [0.5, 0.6) is 17.2 Å². The van der Waals surface area contributed by atoms with Crippen LogP contribution < -0.4 is 24.4 Å². The van der Waals surface area contributed by atoms with Crippen LogP contribution in [0.2, 0.25) is 5.02 Å². The molecule has 11 heteroatoms. The van der Waals surface area contributed by atoms with Gasteiger partial charge in [-0.15, -0.1) is 0 Å². The molecule has 2 aromatic carbocycles. The molecule has 0 spiro atoms. The van der Waals surface area contributed by atoms with Crippen LogP contribution in [0.4, 0.5) is 23.7 Å². The molecule has 2 amide bonds. The highest BCUT2D eigenvalue weighted by Crippen LogP contribution is 2.46. The number of carbonyl (C=O) groups excluding carboxylic acids is 1. The third kappa shape index (κ3) is 4.12. The normalized spacial score (nSPS) is 20.5. The van der Waals surface area contributed by atoms with Crippen LogP contribution in [0.15, 0.2) is 42.5 Å². The van der Waals surface area contributed by atoms with Gasteiger partial charge in [0.2, 0.25) is 0 Å². The zero-order valence-corrected chi connectivity index (χ0v) is 17.2. The van der Waals surface area contributed by atoms with Gasteiger partial charge in [-0.3, -0.25) is 5.32 Å². The van der Waals surface area contributed by atoms with Crippen LogP contribution >= 0.6 is 11.6 Å². The molecule has 2 aliphatic heterocycles. The molecule has 0 aromatic heterocycles. The van der Waals surface area contributed by atoms with Crippen LogP contribution in [-0.4, -0.2) is 56.3 Å². The zero-order chi connectivity index (χ0) is 22.2. The van der Waals surface area contributed by atoms with Crippen molar-refractivity contribution in [1.82, 2.24) is 10.2 Å². The molecular weight excluding hydrogens is 439 g/mol. The summed E-state index contributed by atoms with van der Waals surface area (Å²) in [6.45, 7) is 1.36. The first-order valence-electron chi connectivity index (χ1n) is 9.41. The van der Waals surface area contributed by atoms with E-state index >= 15 is 0 Å². The second kappa shape index (κ2) is 7.92. The molecule has 1 N–H and O–H groups in total. The molecule has 7 nitrogen and oxygen atoms in total. The van der Waals surface area contributed by atoms with Crippen LogP contribution in [0.1, 0.15) is 0 Å². The quantitative estimate of drug-likeness (QED) is 0.758. The van der Waals surface area contributed by atoms with E-state index in [4.69, 9.17) is 25.8 Å². The molecule has 2 aromatic rings. The van der Waals surface area contributed by atoms with Gasteiger partial charge in [-0.25, -0.2) is 4.79 Å². The molecule has 0 radical (unpaired) electrons. The third-order valence-electron chi connectivity index (χ3n) is 5.06. The van der Waals surface area contributed by atoms with E-state index < -0.39 is 18.1 Å². The molecule has 1 saturated heterocycles. The van der Waals surface area contributed by atoms with Crippen molar-refractivity contribution in [3.63, 3.8) is 0 Å². The Kier molecular flexibility index (Phi) is 5.42. The fraction of sp³-hybridized carbons (Fsp3) is 0.350. The monoisotopic (exact) mass is 457 g/mol. The van der Waals surface area contributed by atoms with E-state index in [0.29, 0.717) is 13.1 Å². The molecule has 1 atom stereocenters. The van der Waals surface area contributed by atoms with Gasteiger partial charge in [0.15, 0.2) is 11.5 Å². The Morgan fingerprint density at radius 3 is 2.32 bits per heavy atom. The average molecular weight is 458 g/mol. The summed E-state index contributed by atoms with van der Waals surface area (Å²) in [6.07, 6.45) is -5.03. The Labute approximate surface area is 181 Å². The number of anilines is 1. The van der Waals surface area contributed by atoms with E-state index in [-0.39, 0.29) is 29.6 Å². The van der Waals surface area contributed by atoms with Crippen LogP contribution in [0, 0.1) is 0 Å². The minimum Gasteiger partial charge on any atom is -0.497 e. The Morgan fingerprint density at radius 2 is 1.71 bits per heavy atom. The maximum atomic E-state index is 13.8. The van der Waals surface area contributed by atoms with Gasteiger partial charge in [0.1, 0.15) is 5.75 Å². The van der Waals surface area contributed by atoms with Crippen LogP contribution in [0.3, 0.4) is 0 Å². The molecule has 0 saturated carbocycles. The van der Waals surface area contributed by atoms with Crippen molar-refractivity contribution >= 4 is 23.3 Å². The van der Waals surface area contributed by atoms with E-state index in [0.717, 1.165) is 11.4 Å². The predicted molar refractivity (Wildman–Crippen MR) is 107 cm³/mol. The van der Waals surface area contributed by atoms with Gasteiger partial charge in [0.25, 0.3) is 0 Å². The molecular formula is C20H19ClF3N3O4. The standard InChI is InChI=1S/C20H19ClF3N3O4/c1-29-15-5-3-14(4-6-15)26-8-10-27(11-9-26)18(28)25-20(19(22,23)24)30-16-7-2-13(21)12-17(16)31-20/h2-7,12H,8-11H2,1H3,(H,25,28)/t20-/m0/s1. The van der Waals surface area contributed by atoms with Crippen molar-refractivity contribution in [2.75, 3.05) is 38.2 Å². The summed E-state index contributed by atoms with van der Waals surface area (Å²) in [4.78, 5) is 16.0. The predicted octanol–water partition coefficient (Wildman–Crippen LogP) is 3.87. The smallest absolute Gasteiger partial charge is 0.492 e. The zero-order valence-electron chi connectivity index (χ0n) is 16.4. The second-order valence-electron chi connectivity index (χ2n) is 7.01. The van der Waals surface area contributed by atoms with Gasteiger partial charge in [-0.1, -0.05) is 11.6 Å². The number of urea groups is 1. The first-order valence-corrected chi connectivity index (χ1v) is 9.79. The highest BCUT2D eigenvalue weighted by Gasteiger charge is 2.66. The van der Waals surface area contributed by atoms with Gasteiger partial charge in [-0.2, -0.15) is 13.2 Å². The molecule has 4 rings (SSSR count). The Bertz CT molecular complexity index is 965. The number of nitrogens with one attached hydrogen (secondary N) is 1. The fourth-order valence-corrected chi connectivity index (χ4v) is 3.56. The molecule has 2 heterocycles. The molecule has 1 fully saturated rings. The number of alkyl halides is 3. The second-order valence-corrected chi connectivity index (χ2v) is 7.45. The number of piperazine rings is 1. The number of nitrogens with zero attached hydrogens (tertiary/aromatic N) is 2. The number of methoxy groups -OCH3 is 1. The summed E-state index contributed by atoms with van der Waals surface area (Å²) in [5.41, 5.74) is 0.933. The van der Waals surface area contributed by atoms with Crippen molar-refractivity contribution in [1.29, 1.82) is 0 Å². The lowest BCUT2D eigenvalue weighted by Crippen LogP contribution is -2.67. The van der Waals surface area contributed by atoms with Gasteiger partial charge in [-0.05, 0) is 36.4 Å². The summed E-state index contributed by atoms with van der Waals surface area (Å²) in [5.74, 6) is -2.96. The summed E-state index contributed by atoms with van der Waals surface area (Å²) in [5, 5.41) is 2.06. The van der Waals surface area contributed by atoms with Crippen LogP contribution in [-0.2, 0) is 0 Å². The van der Waals surface area contributed by atoms with E-state index in [9.17, 15) is 18.0 Å². The first kappa shape index (κ1) is 21.2. The topological polar surface area (TPSA) is 63.3 Å². The number of fused-ring (bicyclic) bond motifs is 1. The highest BCUT2D eigenvalue weighted by atomic mass is 35.5. The summed E-state index contributed by atoms with van der Waals surface area (Å²) in [6, 6.07) is 10.3. The maximum Gasteiger partial charge on any atom is 0.492 e. The van der Waals surface area contributed by atoms with Crippen molar-refractivity contribution < 1.29 is 32.2 Å². The molecule has 31 heavy (non-hydrogen) atoms. The van der Waals surface area contributed by atoms with E-state index in [2.05, 4.69) is 0 Å². The Hall–Kier alpha value is -3.01. The van der Waals surface area contributed by atoms with Gasteiger partial charge >= 0.3 is 18.1 Å². The summed E-state index contributed by atoms with van der Waals surface area (Å²) >= 11 is 5.82. The number of halogens is 4. The Morgan fingerprint density at radius 1 is 1.06 bits per heavy atom. The van der Waals surface area contributed by atoms with E-state index in [1.165, 1.54) is 23.1 Å². The van der Waals surface area contributed by atoms with Gasteiger partial charge < -0.3 is 24.0 Å². The number of carbonyl (C=O) groups is 1. The molecule has 0 unspecified atom stereocenters. The SMILES string of the molecule is COc1ccc(N2CCN(C(=O)N[C@@]3(C(F)(F)F)Oc4ccc(Cl)cc4O3)CC2)cc1. The minimum absolute atomic E-state index is 0.161. The third-order valence-corrected chi connectivity index (χ3v) is 5.30. The van der Waals surface area contributed by atoms with E-state index in [1.807, 2.05) is 34.5 Å². The molecule has 166 valence electrons. The van der Waals surface area contributed by atoms with Gasteiger partial charge in [0, 0.05) is 43.0 Å². The number of ether oxygens (including phenoxy) is 3. The molecule has 0 bridgehead atoms. The Balaban J connectivity index is 1.42. The van der Waals surface area contributed by atoms with Crippen molar-refractivity contribution in [3.05, 3.63) is 47.5 Å². The lowest BCUT2D eigenvalue weighted by Gasteiger charge is -2.38. The number of hydrogen-bond donors (Lipinski definition) is 1. The first-order chi connectivity index (χ1) is 14.7. The fourth-order valence-electron chi connectivity index (χ4n) is 3.39. The van der Waals surface area contributed by atoms with Gasteiger partial charge in [0.05, 0.1) is 7.11 Å². The number of amides is 2.